The van der Waals surface area contributed by atoms with Crippen LogP contribution < -0.4 is 0 Å². The Bertz CT molecular complexity index is 382. The molecular weight excluding hydrogens is 234 g/mol. The largest absolute Gasteiger partial charge is 0.389 e. The zero-order chi connectivity index (χ0) is 13.9. The van der Waals surface area contributed by atoms with Gasteiger partial charge < -0.3 is 5.11 Å². The maximum Gasteiger partial charge on any atom is 0.0746 e. The van der Waals surface area contributed by atoms with Crippen molar-refractivity contribution in [1.82, 2.24) is 4.90 Å². The SMILES string of the molecule is CCC1CCN(Cc2ccccc2)C(C(C)(C)O)C1. The van der Waals surface area contributed by atoms with Gasteiger partial charge in [0.25, 0.3) is 0 Å². The fourth-order valence-electron chi connectivity index (χ4n) is 3.20. The second kappa shape index (κ2) is 6.06. The Hall–Kier alpha value is -0.860. The van der Waals surface area contributed by atoms with E-state index >= 15 is 0 Å². The van der Waals surface area contributed by atoms with Gasteiger partial charge in [-0.25, -0.2) is 0 Å². The molecule has 2 rings (SSSR count). The average molecular weight is 261 g/mol. The predicted molar refractivity (Wildman–Crippen MR) is 80.0 cm³/mol. The number of hydrogen-bond acceptors (Lipinski definition) is 2. The fraction of sp³-hybridized carbons (Fsp3) is 0.647. The van der Waals surface area contributed by atoms with Crippen LogP contribution in [0.15, 0.2) is 30.3 Å². The molecule has 19 heavy (non-hydrogen) atoms. The molecule has 0 spiro atoms. The quantitative estimate of drug-likeness (QED) is 0.897. The summed E-state index contributed by atoms with van der Waals surface area (Å²) >= 11 is 0. The molecule has 0 aromatic heterocycles. The summed E-state index contributed by atoms with van der Waals surface area (Å²) in [6.45, 7) is 8.22. The van der Waals surface area contributed by atoms with Crippen molar-refractivity contribution < 1.29 is 5.11 Å². The average Bonchev–Trinajstić information content (AvgIpc) is 2.39. The monoisotopic (exact) mass is 261 g/mol. The maximum absolute atomic E-state index is 10.5. The van der Waals surface area contributed by atoms with Crippen molar-refractivity contribution in [1.29, 1.82) is 0 Å². The van der Waals surface area contributed by atoms with E-state index in [0.717, 1.165) is 25.4 Å². The third kappa shape index (κ3) is 3.80. The Balaban J connectivity index is 2.09. The number of rotatable bonds is 4. The summed E-state index contributed by atoms with van der Waals surface area (Å²) in [6, 6.07) is 10.9. The minimum atomic E-state index is -0.622. The number of nitrogens with zero attached hydrogens (tertiary/aromatic N) is 1. The standard InChI is InChI=1S/C17H27NO/c1-4-14-10-11-18(16(12-14)17(2,3)19)13-15-8-6-5-7-9-15/h5-9,14,16,19H,4,10-13H2,1-3H3. The summed E-state index contributed by atoms with van der Waals surface area (Å²) in [5.41, 5.74) is 0.717. The number of aliphatic hydroxyl groups is 1. The van der Waals surface area contributed by atoms with Gasteiger partial charge in [-0.05, 0) is 44.7 Å². The minimum absolute atomic E-state index is 0.270. The summed E-state index contributed by atoms with van der Waals surface area (Å²) < 4.78 is 0. The molecule has 2 heteroatoms. The van der Waals surface area contributed by atoms with Gasteiger partial charge in [-0.1, -0.05) is 43.7 Å². The maximum atomic E-state index is 10.5. The number of hydrogen-bond donors (Lipinski definition) is 1. The lowest BCUT2D eigenvalue weighted by atomic mass is 9.81. The Morgan fingerprint density at radius 2 is 1.95 bits per heavy atom. The van der Waals surface area contributed by atoms with Crippen molar-refractivity contribution in [2.45, 2.75) is 58.2 Å². The molecule has 1 aromatic carbocycles. The van der Waals surface area contributed by atoms with Gasteiger partial charge in [0.1, 0.15) is 0 Å². The first kappa shape index (κ1) is 14.5. The van der Waals surface area contributed by atoms with E-state index in [1.54, 1.807) is 0 Å². The van der Waals surface area contributed by atoms with Gasteiger partial charge in [0.2, 0.25) is 0 Å². The van der Waals surface area contributed by atoms with Crippen LogP contribution in [0.25, 0.3) is 0 Å². The Morgan fingerprint density at radius 1 is 1.26 bits per heavy atom. The van der Waals surface area contributed by atoms with E-state index in [9.17, 15) is 5.11 Å². The highest BCUT2D eigenvalue weighted by molar-refractivity contribution is 5.15. The summed E-state index contributed by atoms with van der Waals surface area (Å²) in [4.78, 5) is 2.46. The molecule has 1 aliphatic heterocycles. The lowest BCUT2D eigenvalue weighted by molar-refractivity contribution is -0.0520. The summed E-state index contributed by atoms with van der Waals surface area (Å²) in [6.07, 6.45) is 3.61. The van der Waals surface area contributed by atoms with Crippen LogP contribution in [0, 0.1) is 5.92 Å². The zero-order valence-corrected chi connectivity index (χ0v) is 12.5. The summed E-state index contributed by atoms with van der Waals surface area (Å²) in [5.74, 6) is 0.767. The third-order valence-electron chi connectivity index (χ3n) is 4.44. The lowest BCUT2D eigenvalue weighted by Gasteiger charge is -2.45. The molecule has 2 unspecified atom stereocenters. The molecule has 1 saturated heterocycles. The van der Waals surface area contributed by atoms with E-state index in [1.165, 1.54) is 18.4 Å². The van der Waals surface area contributed by atoms with Crippen LogP contribution in [0.2, 0.25) is 0 Å². The molecule has 0 aliphatic carbocycles. The number of piperidine rings is 1. The van der Waals surface area contributed by atoms with Crippen molar-refractivity contribution in [3.05, 3.63) is 35.9 Å². The van der Waals surface area contributed by atoms with Crippen LogP contribution in [0.3, 0.4) is 0 Å². The van der Waals surface area contributed by atoms with Gasteiger partial charge in [-0.3, -0.25) is 4.90 Å². The second-order valence-electron chi connectivity index (χ2n) is 6.42. The smallest absolute Gasteiger partial charge is 0.0746 e. The first-order valence-corrected chi connectivity index (χ1v) is 7.51. The van der Waals surface area contributed by atoms with Crippen molar-refractivity contribution in [3.8, 4) is 0 Å². The first-order chi connectivity index (χ1) is 9.00. The van der Waals surface area contributed by atoms with Gasteiger partial charge in [0.05, 0.1) is 5.60 Å². The molecule has 106 valence electrons. The zero-order valence-electron chi connectivity index (χ0n) is 12.5. The number of benzene rings is 1. The second-order valence-corrected chi connectivity index (χ2v) is 6.42. The van der Waals surface area contributed by atoms with Crippen molar-refractivity contribution in [3.63, 3.8) is 0 Å². The van der Waals surface area contributed by atoms with Crippen LogP contribution in [-0.4, -0.2) is 28.2 Å². The number of likely N-dealkylation sites (tertiary alicyclic amines) is 1. The van der Waals surface area contributed by atoms with E-state index in [1.807, 2.05) is 13.8 Å². The normalized spacial score (nSPS) is 25.5. The highest BCUT2D eigenvalue weighted by atomic mass is 16.3. The summed E-state index contributed by atoms with van der Waals surface area (Å²) in [5, 5.41) is 10.5. The fourth-order valence-corrected chi connectivity index (χ4v) is 3.20. The third-order valence-corrected chi connectivity index (χ3v) is 4.44. The molecule has 1 N–H and O–H groups in total. The van der Waals surface area contributed by atoms with E-state index in [4.69, 9.17) is 0 Å². The molecule has 1 aromatic rings. The van der Waals surface area contributed by atoms with Gasteiger partial charge in [-0.15, -0.1) is 0 Å². The molecule has 0 saturated carbocycles. The van der Waals surface area contributed by atoms with Crippen LogP contribution in [-0.2, 0) is 6.54 Å². The van der Waals surface area contributed by atoms with Crippen molar-refractivity contribution in [2.75, 3.05) is 6.54 Å². The van der Waals surface area contributed by atoms with Gasteiger partial charge in [0.15, 0.2) is 0 Å². The van der Waals surface area contributed by atoms with E-state index < -0.39 is 5.60 Å². The van der Waals surface area contributed by atoms with Crippen LogP contribution in [0.5, 0.6) is 0 Å². The Morgan fingerprint density at radius 3 is 2.53 bits per heavy atom. The van der Waals surface area contributed by atoms with Gasteiger partial charge in [-0.2, -0.15) is 0 Å². The van der Waals surface area contributed by atoms with Crippen molar-refractivity contribution >= 4 is 0 Å². The van der Waals surface area contributed by atoms with E-state index in [2.05, 4.69) is 42.2 Å². The van der Waals surface area contributed by atoms with Crippen molar-refractivity contribution in [2.24, 2.45) is 5.92 Å². The molecule has 1 heterocycles. The van der Waals surface area contributed by atoms with Crippen LogP contribution in [0.4, 0.5) is 0 Å². The van der Waals surface area contributed by atoms with Crippen LogP contribution in [0.1, 0.15) is 45.6 Å². The molecule has 1 aliphatic rings. The van der Waals surface area contributed by atoms with E-state index in [0.29, 0.717) is 0 Å². The highest BCUT2D eigenvalue weighted by Gasteiger charge is 2.36. The van der Waals surface area contributed by atoms with Gasteiger partial charge >= 0.3 is 0 Å². The molecule has 0 bridgehead atoms. The first-order valence-electron chi connectivity index (χ1n) is 7.51. The predicted octanol–water partition coefficient (Wildman–Crippen LogP) is 3.45. The van der Waals surface area contributed by atoms with E-state index in [-0.39, 0.29) is 6.04 Å². The topological polar surface area (TPSA) is 23.5 Å². The molecule has 0 radical (unpaired) electrons. The molecule has 2 atom stereocenters. The highest BCUT2D eigenvalue weighted by Crippen LogP contribution is 2.32. The molecule has 1 fully saturated rings. The Labute approximate surface area is 117 Å². The molecule has 2 nitrogen and oxygen atoms in total. The Kier molecular flexibility index (Phi) is 4.64. The molecular formula is C17H27NO. The molecule has 0 amide bonds. The minimum Gasteiger partial charge on any atom is -0.389 e. The lowest BCUT2D eigenvalue weighted by Crippen LogP contribution is -2.53. The van der Waals surface area contributed by atoms with Gasteiger partial charge in [0, 0.05) is 12.6 Å². The van der Waals surface area contributed by atoms with Crippen LogP contribution >= 0.6 is 0 Å². The summed E-state index contributed by atoms with van der Waals surface area (Å²) in [7, 11) is 0.